The Morgan fingerprint density at radius 2 is 2.23 bits per heavy atom. The van der Waals surface area contributed by atoms with Crippen LogP contribution in [-0.2, 0) is 4.79 Å². The first-order valence-corrected chi connectivity index (χ1v) is 4.17. The van der Waals surface area contributed by atoms with Gasteiger partial charge in [-0.1, -0.05) is 18.7 Å². The van der Waals surface area contributed by atoms with E-state index in [0.717, 1.165) is 11.4 Å². The standard InChI is InChI=1S/C11H13NO/c1-4-5-6-9(2)12-10(3)7-8-11(12)13/h4-8H,3H2,1-2H3/b5-4-,9-6+. The van der Waals surface area contributed by atoms with E-state index in [1.54, 1.807) is 11.0 Å². The average molecular weight is 175 g/mol. The fraction of sp³-hybridized carbons (Fsp3) is 0.182. The molecule has 2 heteroatoms. The molecule has 0 aromatic rings. The largest absolute Gasteiger partial charge is 0.282 e. The minimum absolute atomic E-state index is 0.0248. The van der Waals surface area contributed by atoms with Crippen LogP contribution in [0.3, 0.4) is 0 Å². The minimum Gasteiger partial charge on any atom is -0.282 e. The molecule has 0 aromatic heterocycles. The lowest BCUT2D eigenvalue weighted by atomic mass is 10.3. The predicted molar refractivity (Wildman–Crippen MR) is 53.7 cm³/mol. The molecular formula is C11H13NO. The number of amides is 1. The van der Waals surface area contributed by atoms with Crippen LogP contribution in [0.1, 0.15) is 13.8 Å². The van der Waals surface area contributed by atoms with Gasteiger partial charge in [0.05, 0.1) is 0 Å². The van der Waals surface area contributed by atoms with Gasteiger partial charge in [-0.3, -0.25) is 9.69 Å². The number of rotatable bonds is 2. The Morgan fingerprint density at radius 1 is 1.54 bits per heavy atom. The van der Waals surface area contributed by atoms with Gasteiger partial charge in [0.25, 0.3) is 5.91 Å². The molecule has 0 N–H and O–H groups in total. The maximum absolute atomic E-state index is 11.3. The number of hydrogen-bond acceptors (Lipinski definition) is 1. The van der Waals surface area contributed by atoms with E-state index in [4.69, 9.17) is 0 Å². The summed E-state index contributed by atoms with van der Waals surface area (Å²) >= 11 is 0. The fourth-order valence-corrected chi connectivity index (χ4v) is 1.17. The highest BCUT2D eigenvalue weighted by atomic mass is 16.2. The van der Waals surface area contributed by atoms with Crippen molar-refractivity contribution in [3.63, 3.8) is 0 Å². The lowest BCUT2D eigenvalue weighted by molar-refractivity contribution is -0.121. The molecule has 0 fully saturated rings. The van der Waals surface area contributed by atoms with Crippen LogP contribution in [-0.4, -0.2) is 10.8 Å². The van der Waals surface area contributed by atoms with Crippen LogP contribution < -0.4 is 0 Å². The molecule has 1 aliphatic heterocycles. The maximum atomic E-state index is 11.3. The summed E-state index contributed by atoms with van der Waals surface area (Å²) in [5.74, 6) is -0.0248. The highest BCUT2D eigenvalue weighted by Crippen LogP contribution is 2.18. The Balaban J connectivity index is 2.84. The second-order valence-electron chi connectivity index (χ2n) is 2.83. The fourth-order valence-electron chi connectivity index (χ4n) is 1.17. The van der Waals surface area contributed by atoms with Crippen LogP contribution in [0.15, 0.2) is 48.4 Å². The molecule has 1 aliphatic rings. The van der Waals surface area contributed by atoms with E-state index in [-0.39, 0.29) is 5.91 Å². The normalized spacial score (nSPS) is 18.0. The average Bonchev–Trinajstić information content (AvgIpc) is 2.42. The number of hydrogen-bond donors (Lipinski definition) is 0. The van der Waals surface area contributed by atoms with Gasteiger partial charge in [0, 0.05) is 17.5 Å². The highest BCUT2D eigenvalue weighted by Gasteiger charge is 2.19. The summed E-state index contributed by atoms with van der Waals surface area (Å²) < 4.78 is 0. The van der Waals surface area contributed by atoms with Crippen molar-refractivity contribution in [3.05, 3.63) is 48.4 Å². The Kier molecular flexibility index (Phi) is 2.85. The minimum atomic E-state index is -0.0248. The molecule has 0 atom stereocenters. The van der Waals surface area contributed by atoms with Gasteiger partial charge < -0.3 is 0 Å². The van der Waals surface area contributed by atoms with Gasteiger partial charge in [-0.05, 0) is 26.0 Å². The van der Waals surface area contributed by atoms with E-state index >= 15 is 0 Å². The van der Waals surface area contributed by atoms with Crippen molar-refractivity contribution in [2.45, 2.75) is 13.8 Å². The van der Waals surface area contributed by atoms with E-state index in [1.165, 1.54) is 6.08 Å². The lowest BCUT2D eigenvalue weighted by Gasteiger charge is -2.17. The van der Waals surface area contributed by atoms with Crippen LogP contribution in [0.4, 0.5) is 0 Å². The molecule has 0 aliphatic carbocycles. The first kappa shape index (κ1) is 9.52. The number of nitrogens with zero attached hydrogens (tertiary/aromatic N) is 1. The van der Waals surface area contributed by atoms with Crippen molar-refractivity contribution < 1.29 is 4.79 Å². The first-order valence-electron chi connectivity index (χ1n) is 4.17. The van der Waals surface area contributed by atoms with Crippen molar-refractivity contribution in [2.24, 2.45) is 0 Å². The van der Waals surface area contributed by atoms with Crippen LogP contribution in [0.5, 0.6) is 0 Å². The second kappa shape index (κ2) is 3.90. The third-order valence-corrected chi connectivity index (χ3v) is 1.81. The quantitative estimate of drug-likeness (QED) is 0.590. The van der Waals surface area contributed by atoms with E-state index in [0.29, 0.717) is 0 Å². The molecule has 2 nitrogen and oxygen atoms in total. The van der Waals surface area contributed by atoms with Crippen molar-refractivity contribution in [1.82, 2.24) is 4.90 Å². The zero-order valence-corrected chi connectivity index (χ0v) is 7.95. The second-order valence-corrected chi connectivity index (χ2v) is 2.83. The molecular weight excluding hydrogens is 162 g/mol. The zero-order chi connectivity index (χ0) is 9.84. The van der Waals surface area contributed by atoms with E-state index in [2.05, 4.69) is 6.58 Å². The summed E-state index contributed by atoms with van der Waals surface area (Å²) in [6.07, 6.45) is 8.94. The van der Waals surface area contributed by atoms with Crippen molar-refractivity contribution in [2.75, 3.05) is 0 Å². The smallest absolute Gasteiger partial charge is 0.255 e. The van der Waals surface area contributed by atoms with Gasteiger partial charge >= 0.3 is 0 Å². The van der Waals surface area contributed by atoms with Crippen molar-refractivity contribution in [3.8, 4) is 0 Å². The Labute approximate surface area is 78.5 Å². The Hall–Kier alpha value is -1.57. The first-order chi connectivity index (χ1) is 6.16. The third-order valence-electron chi connectivity index (χ3n) is 1.81. The van der Waals surface area contributed by atoms with Crippen LogP contribution in [0.25, 0.3) is 0 Å². The van der Waals surface area contributed by atoms with Gasteiger partial charge in [-0.25, -0.2) is 0 Å². The summed E-state index contributed by atoms with van der Waals surface area (Å²) in [4.78, 5) is 12.9. The van der Waals surface area contributed by atoms with Crippen molar-refractivity contribution >= 4 is 5.91 Å². The molecule has 0 saturated carbocycles. The number of carbonyl (C=O) groups excluding carboxylic acids is 1. The van der Waals surface area contributed by atoms with E-state index in [9.17, 15) is 4.79 Å². The van der Waals surface area contributed by atoms with Crippen LogP contribution >= 0.6 is 0 Å². The molecule has 1 heterocycles. The van der Waals surface area contributed by atoms with E-state index < -0.39 is 0 Å². The van der Waals surface area contributed by atoms with Gasteiger partial charge in [0.15, 0.2) is 0 Å². The van der Waals surface area contributed by atoms with Crippen molar-refractivity contribution in [1.29, 1.82) is 0 Å². The lowest BCUT2D eigenvalue weighted by Crippen LogP contribution is -2.21. The number of carbonyl (C=O) groups is 1. The molecule has 1 amide bonds. The van der Waals surface area contributed by atoms with Crippen LogP contribution in [0.2, 0.25) is 0 Å². The molecule has 0 bridgehead atoms. The maximum Gasteiger partial charge on any atom is 0.255 e. The summed E-state index contributed by atoms with van der Waals surface area (Å²) in [5.41, 5.74) is 1.61. The summed E-state index contributed by atoms with van der Waals surface area (Å²) in [5, 5.41) is 0. The zero-order valence-electron chi connectivity index (χ0n) is 7.95. The van der Waals surface area contributed by atoms with Gasteiger partial charge in [0.1, 0.15) is 0 Å². The number of allylic oxidation sites excluding steroid dienone is 5. The van der Waals surface area contributed by atoms with E-state index in [1.807, 2.05) is 32.1 Å². The summed E-state index contributed by atoms with van der Waals surface area (Å²) in [6, 6.07) is 0. The van der Waals surface area contributed by atoms with Gasteiger partial charge in [0.2, 0.25) is 0 Å². The van der Waals surface area contributed by atoms with Crippen LogP contribution in [0, 0.1) is 0 Å². The Morgan fingerprint density at radius 3 is 2.69 bits per heavy atom. The SMILES string of the molecule is C=C1C=CC(=O)N1/C(C)=C/C=C\C. The molecule has 0 spiro atoms. The molecule has 68 valence electrons. The highest BCUT2D eigenvalue weighted by molar-refractivity contribution is 5.94. The monoisotopic (exact) mass is 175 g/mol. The summed E-state index contributed by atoms with van der Waals surface area (Å²) in [6.45, 7) is 7.59. The molecule has 0 radical (unpaired) electrons. The summed E-state index contributed by atoms with van der Waals surface area (Å²) in [7, 11) is 0. The molecule has 0 saturated heterocycles. The van der Waals surface area contributed by atoms with Gasteiger partial charge in [-0.2, -0.15) is 0 Å². The Bertz CT molecular complexity index is 303. The molecule has 13 heavy (non-hydrogen) atoms. The predicted octanol–water partition coefficient (Wildman–Crippen LogP) is 2.38. The molecule has 0 unspecified atom stereocenters. The van der Waals surface area contributed by atoms with Gasteiger partial charge in [-0.15, -0.1) is 0 Å². The topological polar surface area (TPSA) is 20.3 Å². The molecule has 0 aromatic carbocycles. The third kappa shape index (κ3) is 1.96. The molecule has 1 rings (SSSR count).